The van der Waals surface area contributed by atoms with E-state index in [0.717, 1.165) is 25.7 Å². The van der Waals surface area contributed by atoms with E-state index in [0.29, 0.717) is 36.3 Å². The van der Waals surface area contributed by atoms with Crippen molar-refractivity contribution in [3.05, 3.63) is 35.7 Å². The zero-order valence-corrected chi connectivity index (χ0v) is 15.9. The third kappa shape index (κ3) is 4.29. The van der Waals surface area contributed by atoms with Crippen LogP contribution in [0.5, 0.6) is 5.75 Å². The molecule has 1 saturated carbocycles. The van der Waals surface area contributed by atoms with Crippen LogP contribution in [-0.4, -0.2) is 56.1 Å². The molecule has 2 aromatic rings. The molecule has 1 aromatic carbocycles. The molecule has 28 heavy (non-hydrogen) atoms. The highest BCUT2D eigenvalue weighted by Gasteiger charge is 2.32. The molecule has 0 spiro atoms. The number of amides is 2. The fourth-order valence-electron chi connectivity index (χ4n) is 3.34. The predicted octanol–water partition coefficient (Wildman–Crippen LogP) is 0.920. The van der Waals surface area contributed by atoms with Gasteiger partial charge in [0.25, 0.3) is 5.91 Å². The lowest BCUT2D eigenvalue weighted by molar-refractivity contribution is -0.126. The van der Waals surface area contributed by atoms with E-state index in [1.54, 1.807) is 36.2 Å². The van der Waals surface area contributed by atoms with E-state index in [2.05, 4.69) is 20.8 Å². The van der Waals surface area contributed by atoms with Crippen molar-refractivity contribution in [2.75, 3.05) is 13.1 Å². The summed E-state index contributed by atoms with van der Waals surface area (Å²) < 4.78 is 7.26. The van der Waals surface area contributed by atoms with Crippen LogP contribution >= 0.6 is 0 Å². The number of benzene rings is 1. The van der Waals surface area contributed by atoms with Crippen LogP contribution in [0.4, 0.5) is 0 Å². The first-order valence-corrected chi connectivity index (χ1v) is 9.64. The molecule has 1 saturated heterocycles. The van der Waals surface area contributed by atoms with Gasteiger partial charge in [-0.3, -0.25) is 9.59 Å². The zero-order chi connectivity index (χ0) is 19.5. The van der Waals surface area contributed by atoms with E-state index in [1.807, 2.05) is 0 Å². The summed E-state index contributed by atoms with van der Waals surface area (Å²) in [4.78, 5) is 27.1. The SMILES string of the molecule is Cn1nnnc1COc1cccc(C(=O)N2CCC[C@@H](C(=O)NC3CC3)C2)c1. The fraction of sp³-hybridized carbons (Fsp3) is 0.526. The van der Waals surface area contributed by atoms with Crippen molar-refractivity contribution in [2.24, 2.45) is 13.0 Å². The Kier molecular flexibility index (Phi) is 5.23. The number of tetrazole rings is 1. The number of carbonyl (C=O) groups excluding carboxylic acids is 2. The lowest BCUT2D eigenvalue weighted by atomic mass is 9.96. The Morgan fingerprint density at radius 1 is 1.29 bits per heavy atom. The van der Waals surface area contributed by atoms with Crippen molar-refractivity contribution < 1.29 is 14.3 Å². The third-order valence-electron chi connectivity index (χ3n) is 5.16. The number of piperidine rings is 1. The van der Waals surface area contributed by atoms with Crippen molar-refractivity contribution in [2.45, 2.75) is 38.3 Å². The molecule has 9 heteroatoms. The third-order valence-corrected chi connectivity index (χ3v) is 5.16. The monoisotopic (exact) mass is 384 g/mol. The molecule has 2 fully saturated rings. The Bertz CT molecular complexity index is 863. The molecule has 0 unspecified atom stereocenters. The van der Waals surface area contributed by atoms with Gasteiger partial charge in [-0.1, -0.05) is 6.07 Å². The number of likely N-dealkylation sites (tertiary alicyclic amines) is 1. The topological polar surface area (TPSA) is 102 Å². The minimum Gasteiger partial charge on any atom is -0.486 e. The van der Waals surface area contributed by atoms with E-state index in [9.17, 15) is 9.59 Å². The molecule has 2 aliphatic rings. The maximum atomic E-state index is 12.9. The molecule has 2 amide bonds. The van der Waals surface area contributed by atoms with Gasteiger partial charge in [0.15, 0.2) is 5.82 Å². The van der Waals surface area contributed by atoms with Crippen molar-refractivity contribution in [3.63, 3.8) is 0 Å². The number of rotatable bonds is 6. The summed E-state index contributed by atoms with van der Waals surface area (Å²) in [6.07, 6.45) is 3.80. The summed E-state index contributed by atoms with van der Waals surface area (Å²) in [5.41, 5.74) is 0.553. The number of aromatic nitrogens is 4. The van der Waals surface area contributed by atoms with Crippen LogP contribution in [0.1, 0.15) is 41.9 Å². The minimum absolute atomic E-state index is 0.0744. The highest BCUT2D eigenvalue weighted by Crippen LogP contribution is 2.24. The summed E-state index contributed by atoms with van der Waals surface area (Å²) in [7, 11) is 1.74. The van der Waals surface area contributed by atoms with Crippen molar-refractivity contribution >= 4 is 11.8 Å². The van der Waals surface area contributed by atoms with Crippen molar-refractivity contribution in [3.8, 4) is 5.75 Å². The molecule has 2 heterocycles. The Morgan fingerprint density at radius 2 is 2.14 bits per heavy atom. The van der Waals surface area contributed by atoms with Gasteiger partial charge >= 0.3 is 0 Å². The fourth-order valence-corrected chi connectivity index (χ4v) is 3.34. The number of hydrogen-bond donors (Lipinski definition) is 1. The Labute approximate surface area is 163 Å². The van der Waals surface area contributed by atoms with Gasteiger partial charge in [-0.25, -0.2) is 4.68 Å². The van der Waals surface area contributed by atoms with E-state index in [4.69, 9.17) is 4.74 Å². The summed E-state index contributed by atoms with van der Waals surface area (Å²) >= 11 is 0. The molecule has 1 N–H and O–H groups in total. The Hall–Kier alpha value is -2.97. The molecule has 1 aliphatic heterocycles. The van der Waals surface area contributed by atoms with Crippen LogP contribution in [0.25, 0.3) is 0 Å². The van der Waals surface area contributed by atoms with Gasteiger partial charge in [0, 0.05) is 31.7 Å². The van der Waals surface area contributed by atoms with Crippen LogP contribution in [-0.2, 0) is 18.4 Å². The second-order valence-electron chi connectivity index (χ2n) is 7.41. The maximum Gasteiger partial charge on any atom is 0.254 e. The highest BCUT2D eigenvalue weighted by molar-refractivity contribution is 5.95. The van der Waals surface area contributed by atoms with Gasteiger partial charge in [-0.2, -0.15) is 0 Å². The number of nitrogens with zero attached hydrogens (tertiary/aromatic N) is 5. The van der Waals surface area contributed by atoms with Crippen LogP contribution in [0.3, 0.4) is 0 Å². The summed E-state index contributed by atoms with van der Waals surface area (Å²) in [6.45, 7) is 1.35. The number of carbonyl (C=O) groups is 2. The van der Waals surface area contributed by atoms with Crippen LogP contribution in [0, 0.1) is 5.92 Å². The van der Waals surface area contributed by atoms with Gasteiger partial charge in [-0.05, 0) is 54.3 Å². The Morgan fingerprint density at radius 3 is 2.89 bits per heavy atom. The first-order chi connectivity index (χ1) is 13.6. The second-order valence-corrected chi connectivity index (χ2v) is 7.41. The van der Waals surface area contributed by atoms with Crippen molar-refractivity contribution in [1.29, 1.82) is 0 Å². The molecule has 148 valence electrons. The van der Waals surface area contributed by atoms with Gasteiger partial charge in [-0.15, -0.1) is 5.10 Å². The molecule has 9 nitrogen and oxygen atoms in total. The molecule has 0 bridgehead atoms. The molecule has 1 atom stereocenters. The molecule has 1 aromatic heterocycles. The number of hydrogen-bond acceptors (Lipinski definition) is 6. The van der Waals surface area contributed by atoms with Gasteiger partial charge in [0.1, 0.15) is 12.4 Å². The average molecular weight is 384 g/mol. The standard InChI is InChI=1S/C19H24N6O3/c1-24-17(21-22-23-24)12-28-16-6-2-4-13(10-16)19(27)25-9-3-5-14(11-25)18(26)20-15-7-8-15/h2,4,6,10,14-15H,3,5,7-9,11-12H2,1H3,(H,20,26)/t14-/m1/s1. The van der Waals surface area contributed by atoms with Crippen LogP contribution < -0.4 is 10.1 Å². The lowest BCUT2D eigenvalue weighted by Gasteiger charge is -2.32. The minimum atomic E-state index is -0.124. The van der Waals surface area contributed by atoms with E-state index >= 15 is 0 Å². The molecular formula is C19H24N6O3. The van der Waals surface area contributed by atoms with Gasteiger partial charge in [0.2, 0.25) is 5.91 Å². The zero-order valence-electron chi connectivity index (χ0n) is 15.9. The van der Waals surface area contributed by atoms with Crippen LogP contribution in [0.15, 0.2) is 24.3 Å². The maximum absolute atomic E-state index is 12.9. The highest BCUT2D eigenvalue weighted by atomic mass is 16.5. The summed E-state index contributed by atoms with van der Waals surface area (Å²) in [5.74, 6) is 1.05. The molecule has 1 aliphatic carbocycles. The first-order valence-electron chi connectivity index (χ1n) is 9.64. The van der Waals surface area contributed by atoms with E-state index < -0.39 is 0 Å². The van der Waals surface area contributed by atoms with E-state index in [1.165, 1.54) is 4.68 Å². The van der Waals surface area contributed by atoms with E-state index in [-0.39, 0.29) is 24.3 Å². The number of aryl methyl sites for hydroxylation is 1. The summed E-state index contributed by atoms with van der Waals surface area (Å²) in [6, 6.07) is 7.42. The Balaban J connectivity index is 1.38. The number of ether oxygens (including phenoxy) is 1. The summed E-state index contributed by atoms with van der Waals surface area (Å²) in [5, 5.41) is 14.3. The van der Waals surface area contributed by atoms with Crippen molar-refractivity contribution in [1.82, 2.24) is 30.4 Å². The molecular weight excluding hydrogens is 360 g/mol. The average Bonchev–Trinajstić information content (AvgIpc) is 3.44. The van der Waals surface area contributed by atoms with Gasteiger partial charge < -0.3 is 15.0 Å². The number of nitrogens with one attached hydrogen (secondary N) is 1. The smallest absolute Gasteiger partial charge is 0.254 e. The molecule has 4 rings (SSSR count). The first kappa shape index (κ1) is 18.4. The van der Waals surface area contributed by atoms with Gasteiger partial charge in [0.05, 0.1) is 5.92 Å². The largest absolute Gasteiger partial charge is 0.486 e. The second kappa shape index (κ2) is 7.95. The normalized spacial score (nSPS) is 19.3. The lowest BCUT2D eigenvalue weighted by Crippen LogP contribution is -2.45. The predicted molar refractivity (Wildman–Crippen MR) is 99.4 cm³/mol. The molecule has 0 radical (unpaired) electrons. The quantitative estimate of drug-likeness (QED) is 0.795. The van der Waals surface area contributed by atoms with Crippen LogP contribution in [0.2, 0.25) is 0 Å².